The lowest BCUT2D eigenvalue weighted by Crippen LogP contribution is -2.32. The van der Waals surface area contributed by atoms with Gasteiger partial charge < -0.3 is 8.83 Å². The lowest BCUT2D eigenvalue weighted by Gasteiger charge is -2.27. The molecule has 1 saturated carbocycles. The van der Waals surface area contributed by atoms with Crippen molar-refractivity contribution in [1.29, 1.82) is 0 Å². The lowest BCUT2D eigenvalue weighted by molar-refractivity contribution is -0.131. The summed E-state index contributed by atoms with van der Waals surface area (Å²) in [6.07, 6.45) is 8.21. The molecule has 1 aliphatic heterocycles. The molecule has 2 aromatic rings. The second-order valence-electron chi connectivity index (χ2n) is 6.00. The van der Waals surface area contributed by atoms with Gasteiger partial charge in [-0.1, -0.05) is 0 Å². The van der Waals surface area contributed by atoms with E-state index in [0.29, 0.717) is 0 Å². The number of amides is 1. The monoisotopic (exact) mass is 344 g/mol. The van der Waals surface area contributed by atoms with Crippen LogP contribution in [-0.4, -0.2) is 22.5 Å². The molecule has 24 heavy (non-hydrogen) atoms. The van der Waals surface area contributed by atoms with Gasteiger partial charge in [-0.2, -0.15) is 5.10 Å². The van der Waals surface area contributed by atoms with E-state index in [2.05, 4.69) is 5.10 Å². The van der Waals surface area contributed by atoms with Crippen LogP contribution >= 0.6 is 11.6 Å². The highest BCUT2D eigenvalue weighted by Crippen LogP contribution is 2.44. The fourth-order valence-electron chi connectivity index (χ4n) is 3.55. The van der Waals surface area contributed by atoms with Crippen molar-refractivity contribution >= 4 is 29.3 Å². The summed E-state index contributed by atoms with van der Waals surface area (Å²) in [7, 11) is 0. The number of carbonyl (C=O) groups excluding carboxylic acids is 1. The van der Waals surface area contributed by atoms with Crippen LogP contribution < -0.4 is 0 Å². The number of fused-ring (bicyclic) bond motifs is 1. The Morgan fingerprint density at radius 2 is 2.17 bits per heavy atom. The number of halogens is 1. The zero-order chi connectivity index (χ0) is 16.5. The summed E-state index contributed by atoms with van der Waals surface area (Å²) < 4.78 is 11.0. The van der Waals surface area contributed by atoms with Gasteiger partial charge in [-0.3, -0.25) is 4.79 Å². The molecule has 0 aromatic carbocycles. The molecule has 6 heteroatoms. The SMILES string of the molecule is O=C(CCl)N1N=C2/C(=C/c3ccco3)CCC[C@@H]2[C@@H]1c1ccco1. The quantitative estimate of drug-likeness (QED) is 0.783. The smallest absolute Gasteiger partial charge is 0.258 e. The Morgan fingerprint density at radius 3 is 2.88 bits per heavy atom. The van der Waals surface area contributed by atoms with E-state index in [4.69, 9.17) is 20.4 Å². The molecule has 5 nitrogen and oxygen atoms in total. The molecule has 4 rings (SSSR count). The van der Waals surface area contributed by atoms with Crippen molar-refractivity contribution in [3.63, 3.8) is 0 Å². The first-order valence-electron chi connectivity index (χ1n) is 8.02. The van der Waals surface area contributed by atoms with Gasteiger partial charge in [0.2, 0.25) is 0 Å². The first-order valence-corrected chi connectivity index (χ1v) is 8.56. The normalized spacial score (nSPS) is 25.0. The number of nitrogens with zero attached hydrogens (tertiary/aromatic N) is 2. The number of furan rings is 2. The van der Waals surface area contributed by atoms with Crippen molar-refractivity contribution in [3.8, 4) is 0 Å². The number of allylic oxidation sites excluding steroid dienone is 1. The van der Waals surface area contributed by atoms with Crippen LogP contribution in [0.1, 0.15) is 36.8 Å². The summed E-state index contributed by atoms with van der Waals surface area (Å²) in [6, 6.07) is 7.28. The Labute approximate surface area is 144 Å². The molecule has 1 fully saturated rings. The Balaban J connectivity index is 1.74. The van der Waals surface area contributed by atoms with Crippen LogP contribution in [-0.2, 0) is 4.79 Å². The molecule has 0 unspecified atom stereocenters. The maximum absolute atomic E-state index is 12.3. The van der Waals surface area contributed by atoms with Gasteiger partial charge in [0.15, 0.2) is 0 Å². The highest BCUT2D eigenvalue weighted by molar-refractivity contribution is 6.27. The van der Waals surface area contributed by atoms with Gasteiger partial charge >= 0.3 is 0 Å². The third-order valence-corrected chi connectivity index (χ3v) is 4.79. The molecule has 1 aliphatic carbocycles. The van der Waals surface area contributed by atoms with Crippen LogP contribution in [0, 0.1) is 5.92 Å². The van der Waals surface area contributed by atoms with Crippen molar-refractivity contribution < 1.29 is 13.6 Å². The molecule has 0 N–H and O–H groups in total. The minimum absolute atomic E-state index is 0.0993. The fraction of sp³-hybridized carbons (Fsp3) is 0.333. The number of rotatable bonds is 3. The molecule has 0 bridgehead atoms. The van der Waals surface area contributed by atoms with Crippen molar-refractivity contribution in [2.75, 3.05) is 5.88 Å². The molecule has 2 atom stereocenters. The van der Waals surface area contributed by atoms with E-state index < -0.39 is 0 Å². The van der Waals surface area contributed by atoms with Crippen LogP contribution in [0.3, 0.4) is 0 Å². The summed E-state index contributed by atoms with van der Waals surface area (Å²) in [5, 5.41) is 6.12. The molecule has 2 aromatic heterocycles. The van der Waals surface area contributed by atoms with Gasteiger partial charge in [0.1, 0.15) is 23.4 Å². The highest BCUT2D eigenvalue weighted by atomic mass is 35.5. The van der Waals surface area contributed by atoms with Gasteiger partial charge in [0.25, 0.3) is 5.91 Å². The number of hydrogen-bond acceptors (Lipinski definition) is 4. The molecule has 0 spiro atoms. The van der Waals surface area contributed by atoms with Crippen LogP contribution in [0.2, 0.25) is 0 Å². The van der Waals surface area contributed by atoms with Gasteiger partial charge in [-0.25, -0.2) is 5.01 Å². The topological polar surface area (TPSA) is 59.0 Å². The van der Waals surface area contributed by atoms with E-state index in [-0.39, 0.29) is 23.7 Å². The second-order valence-corrected chi connectivity index (χ2v) is 6.27. The average Bonchev–Trinajstić information content (AvgIpc) is 3.33. The van der Waals surface area contributed by atoms with Crippen LogP contribution in [0.15, 0.2) is 56.3 Å². The van der Waals surface area contributed by atoms with Gasteiger partial charge in [-0.15, -0.1) is 11.6 Å². The third-order valence-electron chi connectivity index (χ3n) is 4.57. The molecule has 1 amide bonds. The van der Waals surface area contributed by atoms with Crippen LogP contribution in [0.5, 0.6) is 0 Å². The van der Waals surface area contributed by atoms with Gasteiger partial charge in [0.05, 0.1) is 18.2 Å². The largest absolute Gasteiger partial charge is 0.467 e. The zero-order valence-electron chi connectivity index (χ0n) is 13.0. The summed E-state index contributed by atoms with van der Waals surface area (Å²) >= 11 is 5.79. The minimum Gasteiger partial charge on any atom is -0.467 e. The van der Waals surface area contributed by atoms with Crippen LogP contribution in [0.4, 0.5) is 0 Å². The van der Waals surface area contributed by atoms with E-state index in [9.17, 15) is 4.79 Å². The van der Waals surface area contributed by atoms with Crippen LogP contribution in [0.25, 0.3) is 6.08 Å². The number of carbonyl (C=O) groups is 1. The second kappa shape index (κ2) is 6.32. The predicted octanol–water partition coefficient (Wildman–Crippen LogP) is 4.23. The standard InChI is InChI=1S/C18H17ClN2O3/c19-11-16(22)21-18(15-7-3-9-24-15)14-6-1-4-12(17(14)20-21)10-13-5-2-8-23-13/h2-3,5,7-10,14,18H,1,4,6,11H2/b12-10+/t14-,18+/m0/s1. The first-order chi connectivity index (χ1) is 11.8. The Bertz CT molecular complexity index is 777. The van der Waals surface area contributed by atoms with E-state index in [1.165, 1.54) is 5.01 Å². The summed E-state index contributed by atoms with van der Waals surface area (Å²) in [5.41, 5.74) is 2.06. The highest BCUT2D eigenvalue weighted by Gasteiger charge is 2.44. The zero-order valence-corrected chi connectivity index (χ0v) is 13.8. The maximum Gasteiger partial charge on any atom is 0.258 e. The average molecular weight is 345 g/mol. The molecular weight excluding hydrogens is 328 g/mol. The fourth-order valence-corrected chi connectivity index (χ4v) is 3.67. The third kappa shape index (κ3) is 2.59. The van der Waals surface area contributed by atoms with E-state index in [1.807, 2.05) is 30.3 Å². The Kier molecular flexibility index (Phi) is 4.02. The van der Waals surface area contributed by atoms with Crippen molar-refractivity contribution in [1.82, 2.24) is 5.01 Å². The summed E-state index contributed by atoms with van der Waals surface area (Å²) in [5.74, 6) is 1.36. The Morgan fingerprint density at radius 1 is 1.33 bits per heavy atom. The van der Waals surface area contributed by atoms with E-state index >= 15 is 0 Å². The summed E-state index contributed by atoms with van der Waals surface area (Å²) in [4.78, 5) is 12.3. The summed E-state index contributed by atoms with van der Waals surface area (Å²) in [6.45, 7) is 0. The molecule has 124 valence electrons. The number of alkyl halides is 1. The van der Waals surface area contributed by atoms with Gasteiger partial charge in [0, 0.05) is 5.92 Å². The van der Waals surface area contributed by atoms with Crippen molar-refractivity contribution in [3.05, 3.63) is 53.9 Å². The number of hydrogen-bond donors (Lipinski definition) is 0. The number of hydrazone groups is 1. The maximum atomic E-state index is 12.3. The van der Waals surface area contributed by atoms with E-state index in [0.717, 1.165) is 42.1 Å². The first kappa shape index (κ1) is 15.3. The van der Waals surface area contributed by atoms with E-state index in [1.54, 1.807) is 12.5 Å². The van der Waals surface area contributed by atoms with Crippen molar-refractivity contribution in [2.24, 2.45) is 11.0 Å². The molecule has 0 saturated heterocycles. The van der Waals surface area contributed by atoms with Crippen molar-refractivity contribution in [2.45, 2.75) is 25.3 Å². The Hall–Kier alpha value is -2.27. The molecule has 3 heterocycles. The lowest BCUT2D eigenvalue weighted by atomic mass is 9.79. The molecule has 0 radical (unpaired) electrons. The molecular formula is C18H17ClN2O3. The predicted molar refractivity (Wildman–Crippen MR) is 90.5 cm³/mol. The van der Waals surface area contributed by atoms with Gasteiger partial charge in [-0.05, 0) is 55.2 Å². The molecule has 2 aliphatic rings. The minimum atomic E-state index is -0.221.